The van der Waals surface area contributed by atoms with Crippen molar-refractivity contribution >= 4 is 45.1 Å². The van der Waals surface area contributed by atoms with E-state index in [9.17, 15) is 14.4 Å². The fraction of sp³-hybridized carbons (Fsp3) is 0.353. The van der Waals surface area contributed by atoms with Gasteiger partial charge in [-0.1, -0.05) is 67.7 Å². The summed E-state index contributed by atoms with van der Waals surface area (Å²) in [5.74, 6) is -2.85. The van der Waals surface area contributed by atoms with E-state index in [0.29, 0.717) is 29.7 Å². The average molecular weight is 571 g/mol. The van der Waals surface area contributed by atoms with Crippen LogP contribution in [-0.2, 0) is 31.4 Å². The van der Waals surface area contributed by atoms with Crippen molar-refractivity contribution in [1.82, 2.24) is 4.57 Å². The number of fused-ring (bicyclic) bond motifs is 3. The molecule has 1 heterocycles. The maximum absolute atomic E-state index is 13.7. The van der Waals surface area contributed by atoms with Crippen LogP contribution >= 0.6 is 0 Å². The first-order valence-electron chi connectivity index (χ1n) is 14.4. The lowest BCUT2D eigenvalue weighted by Gasteiger charge is -2.30. The molecule has 0 radical (unpaired) electrons. The highest BCUT2D eigenvalue weighted by Gasteiger charge is 2.42. The Labute approximate surface area is 246 Å². The van der Waals surface area contributed by atoms with Gasteiger partial charge in [0.05, 0.1) is 0 Å². The third-order valence-electron chi connectivity index (χ3n) is 7.55. The van der Waals surface area contributed by atoms with E-state index in [1.807, 2.05) is 36.4 Å². The number of hydrogen-bond donors (Lipinski definition) is 0. The lowest BCUT2D eigenvalue weighted by molar-refractivity contribution is -0.176. The van der Waals surface area contributed by atoms with Gasteiger partial charge < -0.3 is 18.9 Å². The number of aromatic nitrogens is 1. The molecule has 0 fully saturated rings. The largest absolute Gasteiger partial charge is 0.343 e. The molecule has 3 aromatic carbocycles. The van der Waals surface area contributed by atoms with E-state index < -0.39 is 11.8 Å². The van der Waals surface area contributed by atoms with Crippen molar-refractivity contribution in [3.63, 3.8) is 0 Å². The van der Waals surface area contributed by atoms with E-state index in [1.54, 1.807) is 30.3 Å². The number of unbranched alkanes of at least 4 members (excludes halogenated alkanes) is 3. The summed E-state index contributed by atoms with van der Waals surface area (Å²) in [6, 6.07) is 20.1. The first-order chi connectivity index (χ1) is 20.3. The topological polar surface area (TPSA) is 96.2 Å². The van der Waals surface area contributed by atoms with Crippen LogP contribution < -0.4 is 0 Å². The maximum atomic E-state index is 13.7. The molecular weight excluding hydrogens is 532 g/mol. The number of aryl methyl sites for hydroxylation is 1. The number of benzene rings is 3. The summed E-state index contributed by atoms with van der Waals surface area (Å²) >= 11 is 0. The Morgan fingerprint density at radius 1 is 0.810 bits per heavy atom. The molecule has 8 heteroatoms. The normalized spacial score (nSPS) is 12.2. The molecule has 0 unspecified atom stereocenters. The van der Waals surface area contributed by atoms with Crippen molar-refractivity contribution in [3.8, 4) is 0 Å². The van der Waals surface area contributed by atoms with Gasteiger partial charge in [0.25, 0.3) is 5.79 Å². The maximum Gasteiger partial charge on any atom is 0.331 e. The third-order valence-corrected chi connectivity index (χ3v) is 7.55. The van der Waals surface area contributed by atoms with Crippen molar-refractivity contribution in [1.29, 1.82) is 0 Å². The Bertz CT molecular complexity index is 1620. The Kier molecular flexibility index (Phi) is 10.0. The molecule has 0 spiro atoms. The van der Waals surface area contributed by atoms with Crippen LogP contribution in [0.2, 0.25) is 0 Å². The number of carbonyl (C=O) groups excluding carboxylic acids is 3. The number of carbonyl (C=O) groups is 3. The Morgan fingerprint density at radius 2 is 1.48 bits per heavy atom. The van der Waals surface area contributed by atoms with Crippen molar-refractivity contribution < 1.29 is 28.7 Å². The number of methoxy groups -OCH3 is 2. The molecule has 1 aromatic heterocycles. The van der Waals surface area contributed by atoms with Crippen LogP contribution in [0.15, 0.2) is 71.9 Å². The molecule has 0 saturated carbocycles. The van der Waals surface area contributed by atoms with Gasteiger partial charge in [-0.15, -0.1) is 0 Å². The van der Waals surface area contributed by atoms with Crippen LogP contribution in [-0.4, -0.2) is 42.0 Å². The zero-order valence-corrected chi connectivity index (χ0v) is 24.9. The smallest absolute Gasteiger partial charge is 0.331 e. The summed E-state index contributed by atoms with van der Waals surface area (Å²) < 4.78 is 13.7. The molecule has 0 saturated heterocycles. The first-order valence-corrected chi connectivity index (χ1v) is 14.4. The molecule has 0 aliphatic heterocycles. The molecule has 220 valence electrons. The van der Waals surface area contributed by atoms with Gasteiger partial charge in [-0.05, 0) is 50.1 Å². The highest BCUT2D eigenvalue weighted by atomic mass is 16.7. The van der Waals surface area contributed by atoms with Crippen LogP contribution in [0.3, 0.4) is 0 Å². The molecule has 4 rings (SSSR count). The van der Waals surface area contributed by atoms with E-state index in [1.165, 1.54) is 21.1 Å². The number of nitrogens with zero attached hydrogens (tertiary/aromatic N) is 2. The highest BCUT2D eigenvalue weighted by Crippen LogP contribution is 2.36. The second-order valence-corrected chi connectivity index (χ2v) is 10.2. The highest BCUT2D eigenvalue weighted by molar-refractivity contribution is 6.46. The number of Topliss-reactive ketones (excluding diaryl/α,β-unsaturated/α-hetero) is 2. The van der Waals surface area contributed by atoms with Gasteiger partial charge in [0.2, 0.25) is 11.6 Å². The number of hydrogen-bond acceptors (Lipinski definition) is 7. The molecule has 8 nitrogen and oxygen atoms in total. The fourth-order valence-corrected chi connectivity index (χ4v) is 5.41. The summed E-state index contributed by atoms with van der Waals surface area (Å²) in [6.07, 6.45) is 4.26. The Hall–Kier alpha value is -4.14. The van der Waals surface area contributed by atoms with E-state index in [4.69, 9.17) is 14.3 Å². The lowest BCUT2D eigenvalue weighted by atomic mass is 9.94. The van der Waals surface area contributed by atoms with Gasteiger partial charge in [0.1, 0.15) is 5.71 Å². The average Bonchev–Trinajstić information content (AvgIpc) is 3.33. The molecule has 0 bridgehead atoms. The van der Waals surface area contributed by atoms with Gasteiger partial charge in [-0.3, -0.25) is 9.59 Å². The first kappa shape index (κ1) is 30.8. The minimum atomic E-state index is -1.66. The molecular formula is C34H38N2O6. The molecule has 0 aliphatic rings. The van der Waals surface area contributed by atoms with E-state index in [-0.39, 0.29) is 17.3 Å². The predicted octanol–water partition coefficient (Wildman–Crippen LogP) is 7.22. The van der Waals surface area contributed by atoms with Crippen LogP contribution in [0.25, 0.3) is 21.8 Å². The minimum absolute atomic E-state index is 0.215. The van der Waals surface area contributed by atoms with E-state index >= 15 is 0 Å². The molecule has 4 aromatic rings. The van der Waals surface area contributed by atoms with E-state index in [2.05, 4.69) is 23.6 Å². The number of ether oxygens (including phenoxy) is 2. The molecule has 0 atom stereocenters. The van der Waals surface area contributed by atoms with Crippen LogP contribution in [0.4, 0.5) is 0 Å². The zero-order chi connectivity index (χ0) is 30.3. The number of rotatable bonds is 14. The minimum Gasteiger partial charge on any atom is -0.343 e. The van der Waals surface area contributed by atoms with Gasteiger partial charge in [-0.2, -0.15) is 0 Å². The van der Waals surface area contributed by atoms with Crippen molar-refractivity contribution in [2.75, 3.05) is 14.2 Å². The van der Waals surface area contributed by atoms with Gasteiger partial charge in [-0.25, -0.2) is 4.79 Å². The molecule has 42 heavy (non-hydrogen) atoms. The number of oxime groups is 1. The van der Waals surface area contributed by atoms with Crippen molar-refractivity contribution in [2.24, 2.45) is 5.16 Å². The van der Waals surface area contributed by atoms with Crippen molar-refractivity contribution in [2.45, 2.75) is 65.2 Å². The predicted molar refractivity (Wildman–Crippen MR) is 164 cm³/mol. The Morgan fingerprint density at radius 3 is 2.10 bits per heavy atom. The third kappa shape index (κ3) is 6.05. The lowest BCUT2D eigenvalue weighted by Crippen LogP contribution is -2.40. The monoisotopic (exact) mass is 570 g/mol. The van der Waals surface area contributed by atoms with E-state index in [0.717, 1.165) is 47.5 Å². The standard InChI is InChI=1S/C34H38N2O6/c1-6-8-9-13-16-29(35-42-23(3)37)32(38)25-17-19-30-27(21-25)28-22-26(18-20-31(28)36(30)7-2)34(40-4,41-5)33(39)24-14-11-10-12-15-24/h10-12,14-15,17-22H,6-9,13,16H2,1-5H3/b35-29+. The van der Waals surface area contributed by atoms with Crippen molar-refractivity contribution in [3.05, 3.63) is 83.4 Å². The Balaban J connectivity index is 1.83. The second-order valence-electron chi connectivity index (χ2n) is 10.2. The van der Waals surface area contributed by atoms with Crippen LogP contribution in [0.1, 0.15) is 79.2 Å². The second kappa shape index (κ2) is 13.7. The summed E-state index contributed by atoms with van der Waals surface area (Å²) in [6.45, 7) is 6.13. The van der Waals surface area contributed by atoms with Crippen LogP contribution in [0, 0.1) is 0 Å². The summed E-state index contributed by atoms with van der Waals surface area (Å²) in [4.78, 5) is 43.7. The molecule has 0 N–H and O–H groups in total. The fourth-order valence-electron chi connectivity index (χ4n) is 5.41. The SMILES string of the molecule is CCCCCC/C(=N\OC(C)=O)C(=O)c1ccc2c(c1)c1cc(C(OC)(OC)C(=O)c3ccccc3)ccc1n2CC. The van der Waals surface area contributed by atoms with Gasteiger partial charge in [0, 0.05) is 66.2 Å². The van der Waals surface area contributed by atoms with Crippen LogP contribution in [0.5, 0.6) is 0 Å². The summed E-state index contributed by atoms with van der Waals surface area (Å²) in [5.41, 5.74) is 3.54. The van der Waals surface area contributed by atoms with Gasteiger partial charge >= 0.3 is 5.97 Å². The summed E-state index contributed by atoms with van der Waals surface area (Å²) in [5, 5.41) is 5.61. The summed E-state index contributed by atoms with van der Waals surface area (Å²) in [7, 11) is 2.90. The van der Waals surface area contributed by atoms with Gasteiger partial charge in [0.15, 0.2) is 0 Å². The number of ketones is 2. The molecule has 0 aliphatic carbocycles. The quantitative estimate of drug-likeness (QED) is 0.0397. The zero-order valence-electron chi connectivity index (χ0n) is 24.9. The molecule has 0 amide bonds.